The standard InChI is InChI=1S/C22H23N7O/c1-14-18(12-23)21(19(13-24)15(2)26-14)16-3-4-20-17(11-16)22(28-27-20)25-5-6-29-7-9-30-10-8-29/h3-4,11H,5-10H2,1-2H3,(H2,25,27,28). The lowest BCUT2D eigenvalue weighted by Gasteiger charge is -2.26. The van der Waals surface area contributed by atoms with Crippen molar-refractivity contribution in [3.05, 3.63) is 40.7 Å². The zero-order chi connectivity index (χ0) is 21.1. The fourth-order valence-corrected chi connectivity index (χ4v) is 3.87. The van der Waals surface area contributed by atoms with Crippen LogP contribution in [0.1, 0.15) is 22.5 Å². The van der Waals surface area contributed by atoms with E-state index in [0.29, 0.717) is 28.1 Å². The smallest absolute Gasteiger partial charge is 0.155 e. The van der Waals surface area contributed by atoms with Gasteiger partial charge in [0.15, 0.2) is 5.82 Å². The minimum atomic E-state index is 0.432. The summed E-state index contributed by atoms with van der Waals surface area (Å²) in [4.78, 5) is 6.73. The molecule has 3 heterocycles. The maximum absolute atomic E-state index is 9.70. The van der Waals surface area contributed by atoms with Gasteiger partial charge < -0.3 is 10.1 Å². The monoisotopic (exact) mass is 401 g/mol. The van der Waals surface area contributed by atoms with Crippen LogP contribution in [-0.4, -0.2) is 59.5 Å². The summed E-state index contributed by atoms with van der Waals surface area (Å²) in [5.41, 5.74) is 4.45. The van der Waals surface area contributed by atoms with Crippen molar-refractivity contribution in [1.29, 1.82) is 10.5 Å². The molecule has 0 radical (unpaired) electrons. The van der Waals surface area contributed by atoms with Crippen LogP contribution >= 0.6 is 0 Å². The van der Waals surface area contributed by atoms with Gasteiger partial charge in [0.05, 0.1) is 41.2 Å². The number of pyridine rings is 1. The lowest BCUT2D eigenvalue weighted by Crippen LogP contribution is -2.39. The summed E-state index contributed by atoms with van der Waals surface area (Å²) < 4.78 is 5.39. The van der Waals surface area contributed by atoms with Gasteiger partial charge in [0.25, 0.3) is 0 Å². The van der Waals surface area contributed by atoms with Gasteiger partial charge in [-0.15, -0.1) is 0 Å². The van der Waals surface area contributed by atoms with Gasteiger partial charge in [-0.05, 0) is 31.5 Å². The maximum atomic E-state index is 9.70. The van der Waals surface area contributed by atoms with Crippen LogP contribution in [0.2, 0.25) is 0 Å². The number of nitrogens with one attached hydrogen (secondary N) is 2. The molecular weight excluding hydrogens is 378 g/mol. The number of nitriles is 2. The number of H-pyrrole nitrogens is 1. The molecule has 3 aromatic rings. The molecule has 2 aromatic heterocycles. The molecule has 0 amide bonds. The molecule has 0 aliphatic carbocycles. The van der Waals surface area contributed by atoms with E-state index in [1.54, 1.807) is 13.8 Å². The van der Waals surface area contributed by atoms with Crippen LogP contribution in [0.15, 0.2) is 18.2 Å². The van der Waals surface area contributed by atoms with Gasteiger partial charge >= 0.3 is 0 Å². The van der Waals surface area contributed by atoms with Gasteiger partial charge in [-0.3, -0.25) is 15.0 Å². The first-order valence-electron chi connectivity index (χ1n) is 9.96. The van der Waals surface area contributed by atoms with Crippen molar-refractivity contribution in [2.24, 2.45) is 0 Å². The third-order valence-electron chi connectivity index (χ3n) is 5.46. The highest BCUT2D eigenvalue weighted by Gasteiger charge is 2.19. The number of rotatable bonds is 5. The zero-order valence-electron chi connectivity index (χ0n) is 17.1. The summed E-state index contributed by atoms with van der Waals surface area (Å²) in [5, 5.41) is 31.2. The van der Waals surface area contributed by atoms with Gasteiger partial charge in [0, 0.05) is 37.1 Å². The molecule has 0 saturated carbocycles. The maximum Gasteiger partial charge on any atom is 0.155 e. The third kappa shape index (κ3) is 3.71. The molecule has 0 bridgehead atoms. The van der Waals surface area contributed by atoms with Gasteiger partial charge in [-0.25, -0.2) is 0 Å². The minimum Gasteiger partial charge on any atom is -0.379 e. The average molecular weight is 401 g/mol. The van der Waals surface area contributed by atoms with Crippen molar-refractivity contribution < 1.29 is 4.74 Å². The topological polar surface area (TPSA) is 114 Å². The van der Waals surface area contributed by atoms with Crippen molar-refractivity contribution in [2.45, 2.75) is 13.8 Å². The lowest BCUT2D eigenvalue weighted by atomic mass is 9.93. The highest BCUT2D eigenvalue weighted by atomic mass is 16.5. The van der Waals surface area contributed by atoms with E-state index in [-0.39, 0.29) is 0 Å². The lowest BCUT2D eigenvalue weighted by molar-refractivity contribution is 0.0398. The molecule has 0 spiro atoms. The van der Waals surface area contributed by atoms with Gasteiger partial charge in [0.2, 0.25) is 0 Å². The Morgan fingerprint density at radius 3 is 2.50 bits per heavy atom. The Morgan fingerprint density at radius 2 is 1.83 bits per heavy atom. The van der Waals surface area contributed by atoms with Gasteiger partial charge in [-0.1, -0.05) is 6.07 Å². The molecule has 0 atom stereocenters. The number of nitrogens with zero attached hydrogens (tertiary/aromatic N) is 5. The van der Waals surface area contributed by atoms with E-state index >= 15 is 0 Å². The summed E-state index contributed by atoms with van der Waals surface area (Å²) in [6, 6.07) is 10.3. The van der Waals surface area contributed by atoms with Crippen molar-refractivity contribution in [2.75, 3.05) is 44.7 Å². The molecule has 1 aliphatic heterocycles. The predicted molar refractivity (Wildman–Crippen MR) is 114 cm³/mol. The van der Waals surface area contributed by atoms with Crippen LogP contribution in [0.5, 0.6) is 0 Å². The average Bonchev–Trinajstić information content (AvgIpc) is 3.16. The van der Waals surface area contributed by atoms with E-state index in [1.165, 1.54) is 0 Å². The fraction of sp³-hybridized carbons (Fsp3) is 0.364. The Kier molecular flexibility index (Phi) is 5.62. The third-order valence-corrected chi connectivity index (χ3v) is 5.46. The second-order valence-electron chi connectivity index (χ2n) is 7.34. The van der Waals surface area contributed by atoms with E-state index in [1.807, 2.05) is 18.2 Å². The molecule has 8 heteroatoms. The van der Waals surface area contributed by atoms with Crippen molar-refractivity contribution in [3.63, 3.8) is 0 Å². The highest BCUT2D eigenvalue weighted by molar-refractivity contribution is 5.94. The summed E-state index contributed by atoms with van der Waals surface area (Å²) in [6.45, 7) is 8.73. The second-order valence-corrected chi connectivity index (χ2v) is 7.34. The van der Waals surface area contributed by atoms with Crippen LogP contribution < -0.4 is 5.32 Å². The minimum absolute atomic E-state index is 0.432. The molecule has 4 rings (SSSR count). The van der Waals surface area contributed by atoms with E-state index in [2.05, 4.69) is 37.5 Å². The number of aryl methyl sites for hydroxylation is 2. The van der Waals surface area contributed by atoms with Crippen LogP contribution in [0, 0.1) is 36.5 Å². The summed E-state index contributed by atoms with van der Waals surface area (Å²) >= 11 is 0. The summed E-state index contributed by atoms with van der Waals surface area (Å²) in [5.74, 6) is 0.764. The van der Waals surface area contributed by atoms with Crippen molar-refractivity contribution in [1.82, 2.24) is 20.1 Å². The van der Waals surface area contributed by atoms with Crippen LogP contribution in [0.25, 0.3) is 22.0 Å². The first-order chi connectivity index (χ1) is 14.6. The number of aromatic nitrogens is 3. The summed E-state index contributed by atoms with van der Waals surface area (Å²) in [7, 11) is 0. The zero-order valence-corrected chi connectivity index (χ0v) is 17.1. The van der Waals surface area contributed by atoms with Gasteiger partial charge in [0.1, 0.15) is 12.1 Å². The molecule has 152 valence electrons. The molecule has 30 heavy (non-hydrogen) atoms. The number of aromatic amines is 1. The molecule has 2 N–H and O–H groups in total. The molecule has 1 fully saturated rings. The van der Waals surface area contributed by atoms with E-state index in [0.717, 1.165) is 61.7 Å². The number of morpholine rings is 1. The molecule has 1 aromatic carbocycles. The van der Waals surface area contributed by atoms with E-state index in [4.69, 9.17) is 4.74 Å². The molecule has 0 unspecified atom stereocenters. The molecule has 1 aliphatic rings. The van der Waals surface area contributed by atoms with Crippen LogP contribution in [0.4, 0.5) is 5.82 Å². The second kappa shape index (κ2) is 8.50. The molecular formula is C22H23N7O. The Labute approximate surface area is 175 Å². The largest absolute Gasteiger partial charge is 0.379 e. The van der Waals surface area contributed by atoms with Crippen LogP contribution in [0.3, 0.4) is 0 Å². The number of anilines is 1. The Balaban J connectivity index is 1.67. The SMILES string of the molecule is Cc1nc(C)c(C#N)c(-c2ccc3[nH]nc(NCCN4CCOCC4)c3c2)c1C#N. The summed E-state index contributed by atoms with van der Waals surface area (Å²) in [6.07, 6.45) is 0. The first kappa shape index (κ1) is 19.8. The number of fused-ring (bicyclic) bond motifs is 1. The molecule has 8 nitrogen and oxygen atoms in total. The first-order valence-corrected chi connectivity index (χ1v) is 9.96. The quantitative estimate of drug-likeness (QED) is 0.676. The number of benzene rings is 1. The normalized spacial score (nSPS) is 14.4. The molecule has 1 saturated heterocycles. The van der Waals surface area contributed by atoms with Crippen molar-refractivity contribution in [3.8, 4) is 23.3 Å². The number of ether oxygens (including phenoxy) is 1. The number of hydrogen-bond donors (Lipinski definition) is 2. The Bertz CT molecular complexity index is 1120. The van der Waals surface area contributed by atoms with Crippen molar-refractivity contribution >= 4 is 16.7 Å². The van der Waals surface area contributed by atoms with E-state index < -0.39 is 0 Å². The Morgan fingerprint density at radius 1 is 1.13 bits per heavy atom. The van der Waals surface area contributed by atoms with Gasteiger partial charge in [-0.2, -0.15) is 15.6 Å². The number of hydrogen-bond acceptors (Lipinski definition) is 7. The highest BCUT2D eigenvalue weighted by Crippen LogP contribution is 2.33. The van der Waals surface area contributed by atoms with Crippen LogP contribution in [-0.2, 0) is 4.74 Å². The van der Waals surface area contributed by atoms with E-state index in [9.17, 15) is 10.5 Å². The predicted octanol–water partition coefficient (Wildman–Crippen LogP) is 2.73. The Hall–Kier alpha value is -3.46. The fourth-order valence-electron chi connectivity index (χ4n) is 3.87.